The molecule has 0 aliphatic carbocycles. The second-order valence-corrected chi connectivity index (χ2v) is 7.46. The molecule has 0 radical (unpaired) electrons. The highest BCUT2D eigenvalue weighted by Gasteiger charge is 2.16. The van der Waals surface area contributed by atoms with Crippen LogP contribution in [0.25, 0.3) is 10.8 Å². The van der Waals surface area contributed by atoms with E-state index in [9.17, 15) is 14.4 Å². The molecule has 7 heteroatoms. The fraction of sp³-hybridized carbons (Fsp3) is 0.240. The van der Waals surface area contributed by atoms with E-state index in [-0.39, 0.29) is 31.1 Å². The van der Waals surface area contributed by atoms with Gasteiger partial charge in [-0.3, -0.25) is 9.59 Å². The number of carbonyl (C=O) groups excluding carboxylic acids is 3. The van der Waals surface area contributed by atoms with E-state index in [1.807, 2.05) is 38.1 Å². The Balaban J connectivity index is 1.82. The molecule has 0 aliphatic heterocycles. The zero-order chi connectivity index (χ0) is 23.1. The monoisotopic (exact) mass is 434 g/mol. The third-order valence-corrected chi connectivity index (χ3v) is 4.55. The molecule has 166 valence electrons. The number of ether oxygens (including phenoxy) is 2. The fourth-order valence-electron chi connectivity index (χ4n) is 3.13. The Labute approximate surface area is 186 Å². The van der Waals surface area contributed by atoms with Gasteiger partial charge in [0.25, 0.3) is 11.8 Å². The van der Waals surface area contributed by atoms with Gasteiger partial charge in [0, 0.05) is 11.7 Å². The number of hydrogen-bond acceptors (Lipinski definition) is 5. The second-order valence-electron chi connectivity index (χ2n) is 7.46. The number of amides is 2. The van der Waals surface area contributed by atoms with Crippen LogP contribution in [0.5, 0.6) is 5.75 Å². The highest BCUT2D eigenvalue weighted by molar-refractivity contribution is 6.09. The van der Waals surface area contributed by atoms with Crippen molar-refractivity contribution in [1.29, 1.82) is 0 Å². The maximum Gasteiger partial charge on any atom is 0.338 e. The molecule has 0 saturated carbocycles. The average Bonchev–Trinajstić information content (AvgIpc) is 2.77. The Morgan fingerprint density at radius 1 is 0.938 bits per heavy atom. The fourth-order valence-corrected chi connectivity index (χ4v) is 3.13. The first-order valence-electron chi connectivity index (χ1n) is 10.4. The van der Waals surface area contributed by atoms with E-state index >= 15 is 0 Å². The SMILES string of the molecule is CCOC(=O)c1ccc(NC(=O)c2cc3ccccc3cc2OCC(=O)NC(C)C)cc1. The number of anilines is 1. The van der Waals surface area contributed by atoms with Crippen LogP contribution in [0.4, 0.5) is 5.69 Å². The number of nitrogens with one attached hydrogen (secondary N) is 2. The van der Waals surface area contributed by atoms with Crippen LogP contribution in [-0.4, -0.2) is 37.0 Å². The van der Waals surface area contributed by atoms with Crippen LogP contribution in [-0.2, 0) is 9.53 Å². The zero-order valence-corrected chi connectivity index (χ0v) is 18.3. The van der Waals surface area contributed by atoms with Gasteiger partial charge in [-0.25, -0.2) is 4.79 Å². The normalized spacial score (nSPS) is 10.6. The molecule has 0 heterocycles. The molecule has 0 aliphatic rings. The van der Waals surface area contributed by atoms with Gasteiger partial charge >= 0.3 is 5.97 Å². The van der Waals surface area contributed by atoms with Crippen molar-refractivity contribution in [2.45, 2.75) is 26.8 Å². The molecule has 2 amide bonds. The summed E-state index contributed by atoms with van der Waals surface area (Å²) in [4.78, 5) is 36.9. The molecule has 0 bridgehead atoms. The van der Waals surface area contributed by atoms with Gasteiger partial charge in [0.05, 0.1) is 17.7 Å². The largest absolute Gasteiger partial charge is 0.483 e. The van der Waals surface area contributed by atoms with Gasteiger partial charge < -0.3 is 20.1 Å². The topological polar surface area (TPSA) is 93.7 Å². The van der Waals surface area contributed by atoms with Crippen molar-refractivity contribution >= 4 is 34.2 Å². The highest BCUT2D eigenvalue weighted by Crippen LogP contribution is 2.27. The third kappa shape index (κ3) is 5.85. The minimum Gasteiger partial charge on any atom is -0.483 e. The zero-order valence-electron chi connectivity index (χ0n) is 18.3. The number of carbonyl (C=O) groups is 3. The van der Waals surface area contributed by atoms with Crippen molar-refractivity contribution in [1.82, 2.24) is 5.32 Å². The molecular formula is C25H26N2O5. The molecule has 0 saturated heterocycles. The minimum atomic E-state index is -0.421. The number of fused-ring (bicyclic) bond motifs is 1. The van der Waals surface area contributed by atoms with Crippen LogP contribution < -0.4 is 15.4 Å². The van der Waals surface area contributed by atoms with E-state index < -0.39 is 5.97 Å². The smallest absolute Gasteiger partial charge is 0.338 e. The summed E-state index contributed by atoms with van der Waals surface area (Å²) in [5.74, 6) is -0.772. The van der Waals surface area contributed by atoms with Gasteiger partial charge in [0.2, 0.25) is 0 Å². The summed E-state index contributed by atoms with van der Waals surface area (Å²) in [6.07, 6.45) is 0. The lowest BCUT2D eigenvalue weighted by Crippen LogP contribution is -2.34. The molecule has 0 fully saturated rings. The molecule has 3 aromatic rings. The first-order valence-corrected chi connectivity index (χ1v) is 10.4. The number of rotatable bonds is 8. The first kappa shape index (κ1) is 22.8. The Bertz CT molecular complexity index is 1120. The Morgan fingerprint density at radius 2 is 1.59 bits per heavy atom. The quantitative estimate of drug-likeness (QED) is 0.519. The second kappa shape index (κ2) is 10.4. The molecule has 0 unspecified atom stereocenters. The van der Waals surface area contributed by atoms with Crippen molar-refractivity contribution < 1.29 is 23.9 Å². The molecule has 3 rings (SSSR count). The van der Waals surface area contributed by atoms with E-state index in [4.69, 9.17) is 9.47 Å². The summed E-state index contributed by atoms with van der Waals surface area (Å²) < 4.78 is 10.7. The van der Waals surface area contributed by atoms with E-state index in [1.54, 1.807) is 43.3 Å². The van der Waals surface area contributed by atoms with E-state index in [0.29, 0.717) is 22.6 Å². The summed E-state index contributed by atoms with van der Waals surface area (Å²) in [6.45, 7) is 5.55. The van der Waals surface area contributed by atoms with Crippen molar-refractivity contribution in [3.05, 3.63) is 71.8 Å². The minimum absolute atomic E-state index is 0.0111. The van der Waals surface area contributed by atoms with Crippen LogP contribution >= 0.6 is 0 Å². The summed E-state index contributed by atoms with van der Waals surface area (Å²) in [5, 5.41) is 7.33. The van der Waals surface area contributed by atoms with Crippen LogP contribution in [0.3, 0.4) is 0 Å². The Morgan fingerprint density at radius 3 is 2.22 bits per heavy atom. The Hall–Kier alpha value is -3.87. The lowest BCUT2D eigenvalue weighted by molar-refractivity contribution is -0.123. The van der Waals surface area contributed by atoms with Gasteiger partial charge in [-0.05, 0) is 67.9 Å². The molecule has 0 aromatic heterocycles. The average molecular weight is 434 g/mol. The number of hydrogen-bond donors (Lipinski definition) is 2. The van der Waals surface area contributed by atoms with E-state index in [1.165, 1.54) is 0 Å². The van der Waals surface area contributed by atoms with Crippen LogP contribution in [0.2, 0.25) is 0 Å². The summed E-state index contributed by atoms with van der Waals surface area (Å²) in [5.41, 5.74) is 1.21. The lowest BCUT2D eigenvalue weighted by atomic mass is 10.0. The van der Waals surface area contributed by atoms with Crippen molar-refractivity contribution in [2.75, 3.05) is 18.5 Å². The van der Waals surface area contributed by atoms with Gasteiger partial charge in [-0.2, -0.15) is 0 Å². The van der Waals surface area contributed by atoms with Gasteiger partial charge in [0.1, 0.15) is 5.75 Å². The molecule has 7 nitrogen and oxygen atoms in total. The predicted molar refractivity (Wildman–Crippen MR) is 123 cm³/mol. The third-order valence-electron chi connectivity index (χ3n) is 4.55. The van der Waals surface area contributed by atoms with Crippen LogP contribution in [0.1, 0.15) is 41.5 Å². The predicted octanol–water partition coefficient (Wildman–Crippen LogP) is 4.17. The van der Waals surface area contributed by atoms with Crippen LogP contribution in [0.15, 0.2) is 60.7 Å². The molecule has 2 N–H and O–H groups in total. The maximum absolute atomic E-state index is 13.0. The first-order chi connectivity index (χ1) is 15.4. The summed E-state index contributed by atoms with van der Waals surface area (Å²) in [6, 6.07) is 17.5. The molecule has 32 heavy (non-hydrogen) atoms. The van der Waals surface area contributed by atoms with Gasteiger partial charge in [-0.15, -0.1) is 0 Å². The van der Waals surface area contributed by atoms with Crippen LogP contribution in [0, 0.1) is 0 Å². The lowest BCUT2D eigenvalue weighted by Gasteiger charge is -2.14. The molecule has 3 aromatic carbocycles. The van der Waals surface area contributed by atoms with E-state index in [2.05, 4.69) is 10.6 Å². The van der Waals surface area contributed by atoms with E-state index in [0.717, 1.165) is 10.8 Å². The summed E-state index contributed by atoms with van der Waals surface area (Å²) >= 11 is 0. The number of esters is 1. The van der Waals surface area contributed by atoms with Gasteiger partial charge in [-0.1, -0.05) is 24.3 Å². The van der Waals surface area contributed by atoms with Crippen molar-refractivity contribution in [3.8, 4) is 5.75 Å². The highest BCUT2D eigenvalue weighted by atomic mass is 16.5. The molecule has 0 spiro atoms. The summed E-state index contributed by atoms with van der Waals surface area (Å²) in [7, 11) is 0. The van der Waals surface area contributed by atoms with Crippen molar-refractivity contribution in [2.24, 2.45) is 0 Å². The maximum atomic E-state index is 13.0. The van der Waals surface area contributed by atoms with Gasteiger partial charge in [0.15, 0.2) is 6.61 Å². The molecule has 0 atom stereocenters. The standard InChI is InChI=1S/C25H26N2O5/c1-4-31-25(30)17-9-11-20(12-10-17)27-24(29)21-13-18-7-5-6-8-19(18)14-22(21)32-15-23(28)26-16(2)3/h5-14,16H,4,15H2,1-3H3,(H,26,28)(H,27,29). The Kier molecular flexibility index (Phi) is 7.44. The molecular weight excluding hydrogens is 408 g/mol. The van der Waals surface area contributed by atoms with Crippen molar-refractivity contribution in [3.63, 3.8) is 0 Å². The number of benzene rings is 3.